The van der Waals surface area contributed by atoms with Crippen LogP contribution in [-0.4, -0.2) is 17.1 Å². The lowest BCUT2D eigenvalue weighted by molar-refractivity contribution is -0.128. The zero-order chi connectivity index (χ0) is 21.1. The first kappa shape index (κ1) is 21.0. The highest BCUT2D eigenvalue weighted by atomic mass is 35.5. The van der Waals surface area contributed by atoms with E-state index in [2.05, 4.69) is 5.32 Å². The molecule has 2 atom stereocenters. The highest BCUT2D eigenvalue weighted by molar-refractivity contribution is 8.01. The van der Waals surface area contributed by atoms with Crippen LogP contribution in [0.15, 0.2) is 70.9 Å². The van der Waals surface area contributed by atoms with Crippen LogP contribution < -0.4 is 10.2 Å². The zero-order valence-corrected chi connectivity index (χ0v) is 18.8. The van der Waals surface area contributed by atoms with Gasteiger partial charge in [-0.15, -0.1) is 23.1 Å². The molecule has 7 heteroatoms. The van der Waals surface area contributed by atoms with E-state index < -0.39 is 11.2 Å². The molecule has 154 valence electrons. The van der Waals surface area contributed by atoms with Gasteiger partial charge >= 0.3 is 0 Å². The van der Waals surface area contributed by atoms with Crippen LogP contribution in [0.4, 0.5) is 5.69 Å². The molecule has 4 nitrogen and oxygen atoms in total. The van der Waals surface area contributed by atoms with Gasteiger partial charge in [0.1, 0.15) is 5.25 Å². The molecule has 0 spiro atoms. The van der Waals surface area contributed by atoms with E-state index >= 15 is 0 Å². The lowest BCUT2D eigenvalue weighted by Crippen LogP contribution is -2.47. The Morgan fingerprint density at radius 1 is 1.17 bits per heavy atom. The molecular formula is C23H21ClN2O2S2. The summed E-state index contributed by atoms with van der Waals surface area (Å²) in [7, 11) is 0. The third-order valence-corrected chi connectivity index (χ3v) is 7.61. The Morgan fingerprint density at radius 3 is 2.77 bits per heavy atom. The van der Waals surface area contributed by atoms with E-state index in [0.717, 1.165) is 21.0 Å². The molecule has 1 aliphatic heterocycles. The predicted octanol–water partition coefficient (Wildman–Crippen LogP) is 5.36. The number of fused-ring (bicyclic) bond motifs is 1. The lowest BCUT2D eigenvalue weighted by atomic mass is 10.0. The van der Waals surface area contributed by atoms with Gasteiger partial charge in [0.25, 0.3) is 0 Å². The van der Waals surface area contributed by atoms with Crippen LogP contribution in [0.5, 0.6) is 0 Å². The molecular weight excluding hydrogens is 436 g/mol. The molecule has 2 heterocycles. The first-order valence-corrected chi connectivity index (χ1v) is 11.8. The second-order valence-corrected chi connectivity index (χ2v) is 9.80. The number of hydrogen-bond acceptors (Lipinski definition) is 4. The van der Waals surface area contributed by atoms with Gasteiger partial charge in [0.15, 0.2) is 0 Å². The number of rotatable bonds is 6. The maximum atomic E-state index is 13.5. The molecule has 1 N–H and O–H groups in total. The second-order valence-electron chi connectivity index (χ2n) is 7.15. The quantitative estimate of drug-likeness (QED) is 0.543. The second kappa shape index (κ2) is 9.25. The first-order chi connectivity index (χ1) is 14.5. The van der Waals surface area contributed by atoms with Crippen molar-refractivity contribution in [3.05, 3.63) is 81.5 Å². The number of anilines is 1. The molecule has 0 radical (unpaired) electrons. The zero-order valence-electron chi connectivity index (χ0n) is 16.4. The highest BCUT2D eigenvalue weighted by Gasteiger charge is 2.39. The van der Waals surface area contributed by atoms with Crippen molar-refractivity contribution in [2.45, 2.75) is 30.2 Å². The van der Waals surface area contributed by atoms with Crippen molar-refractivity contribution in [1.29, 1.82) is 0 Å². The average Bonchev–Trinajstić information content (AvgIpc) is 3.27. The fraction of sp³-hybridized carbons (Fsp3) is 0.217. The van der Waals surface area contributed by atoms with Crippen molar-refractivity contribution >= 4 is 52.2 Å². The van der Waals surface area contributed by atoms with Crippen LogP contribution in [0.2, 0.25) is 5.02 Å². The first-order valence-electron chi connectivity index (χ1n) is 9.64. The van der Waals surface area contributed by atoms with E-state index in [9.17, 15) is 9.59 Å². The van der Waals surface area contributed by atoms with Crippen LogP contribution in [0.25, 0.3) is 0 Å². The standard InChI is InChI=1S/C23H21ClN2O2S2/c1-15(22(27)25-13-18-8-5-11-29-18)21-23(28)26(14-16-6-4-7-17(24)12-16)19-9-2-3-10-20(19)30-21/h2-12,15,21H,13-14H2,1H3,(H,25,27). The monoisotopic (exact) mass is 456 g/mol. The lowest BCUT2D eigenvalue weighted by Gasteiger charge is -2.35. The molecule has 2 aromatic carbocycles. The van der Waals surface area contributed by atoms with Crippen molar-refractivity contribution in [2.75, 3.05) is 4.90 Å². The normalized spacial score (nSPS) is 16.8. The third-order valence-electron chi connectivity index (χ3n) is 5.03. The summed E-state index contributed by atoms with van der Waals surface area (Å²) in [6.45, 7) is 2.72. The van der Waals surface area contributed by atoms with Gasteiger partial charge in [-0.05, 0) is 41.3 Å². The number of benzene rings is 2. The van der Waals surface area contributed by atoms with Crippen LogP contribution in [0.1, 0.15) is 17.4 Å². The summed E-state index contributed by atoms with van der Waals surface area (Å²) in [4.78, 5) is 30.1. The highest BCUT2D eigenvalue weighted by Crippen LogP contribution is 2.42. The molecule has 30 heavy (non-hydrogen) atoms. The summed E-state index contributed by atoms with van der Waals surface area (Å²) < 4.78 is 0. The minimum Gasteiger partial charge on any atom is -0.351 e. The Hall–Kier alpha value is -2.28. The van der Waals surface area contributed by atoms with Crippen molar-refractivity contribution in [1.82, 2.24) is 5.32 Å². The minimum absolute atomic E-state index is 0.0579. The Kier molecular flexibility index (Phi) is 6.46. The number of hydrogen-bond donors (Lipinski definition) is 1. The van der Waals surface area contributed by atoms with E-state index in [1.807, 2.05) is 73.0 Å². The van der Waals surface area contributed by atoms with E-state index in [0.29, 0.717) is 18.1 Å². The van der Waals surface area contributed by atoms with Crippen molar-refractivity contribution in [3.8, 4) is 0 Å². The molecule has 0 bridgehead atoms. The Morgan fingerprint density at radius 2 is 2.00 bits per heavy atom. The summed E-state index contributed by atoms with van der Waals surface area (Å²) >= 11 is 9.20. The van der Waals surface area contributed by atoms with Gasteiger partial charge in [-0.2, -0.15) is 0 Å². The van der Waals surface area contributed by atoms with Gasteiger partial charge in [-0.3, -0.25) is 9.59 Å². The van der Waals surface area contributed by atoms with Crippen molar-refractivity contribution in [3.63, 3.8) is 0 Å². The molecule has 0 aliphatic carbocycles. The van der Waals surface area contributed by atoms with Crippen molar-refractivity contribution in [2.24, 2.45) is 5.92 Å². The summed E-state index contributed by atoms with van der Waals surface area (Å²) in [6, 6.07) is 19.3. The summed E-state index contributed by atoms with van der Waals surface area (Å²) in [5.74, 6) is -0.633. The predicted molar refractivity (Wildman–Crippen MR) is 124 cm³/mol. The van der Waals surface area contributed by atoms with E-state index in [4.69, 9.17) is 11.6 Å². The van der Waals surface area contributed by atoms with Crippen LogP contribution >= 0.6 is 34.7 Å². The fourth-order valence-corrected chi connectivity index (χ4v) is 5.57. The molecule has 0 saturated heterocycles. The number of halogens is 1. The molecule has 2 amide bonds. The summed E-state index contributed by atoms with van der Waals surface area (Å²) in [6.07, 6.45) is 0. The molecule has 1 aromatic heterocycles. The van der Waals surface area contributed by atoms with Gasteiger partial charge in [-0.1, -0.05) is 48.9 Å². The van der Waals surface area contributed by atoms with Gasteiger partial charge < -0.3 is 10.2 Å². The summed E-state index contributed by atoms with van der Waals surface area (Å²) in [5.41, 5.74) is 1.82. The van der Waals surface area contributed by atoms with E-state index in [1.165, 1.54) is 11.8 Å². The Bertz CT molecular complexity index is 1050. The number of amides is 2. The number of para-hydroxylation sites is 1. The maximum absolute atomic E-state index is 13.5. The number of thiophene rings is 1. The minimum atomic E-state index is -0.484. The third kappa shape index (κ3) is 4.56. The Labute approximate surface area is 189 Å². The number of carbonyl (C=O) groups is 2. The van der Waals surface area contributed by atoms with Crippen LogP contribution in [-0.2, 0) is 22.7 Å². The molecule has 1 aliphatic rings. The average molecular weight is 457 g/mol. The molecule has 0 saturated carbocycles. The van der Waals surface area contributed by atoms with Gasteiger partial charge in [0.05, 0.1) is 24.7 Å². The van der Waals surface area contributed by atoms with Gasteiger partial charge in [0.2, 0.25) is 11.8 Å². The van der Waals surface area contributed by atoms with E-state index in [-0.39, 0.29) is 11.8 Å². The van der Waals surface area contributed by atoms with Crippen molar-refractivity contribution < 1.29 is 9.59 Å². The molecule has 0 fully saturated rings. The Balaban J connectivity index is 1.55. The fourth-order valence-electron chi connectivity index (χ4n) is 3.42. The number of nitrogens with zero attached hydrogens (tertiary/aromatic N) is 1. The molecule has 3 aromatic rings. The largest absolute Gasteiger partial charge is 0.351 e. The van der Waals surface area contributed by atoms with Crippen LogP contribution in [0.3, 0.4) is 0 Å². The number of thioether (sulfide) groups is 1. The number of carbonyl (C=O) groups excluding carboxylic acids is 2. The van der Waals surface area contributed by atoms with E-state index in [1.54, 1.807) is 16.2 Å². The summed E-state index contributed by atoms with van der Waals surface area (Å²) in [5, 5.41) is 5.10. The molecule has 4 rings (SSSR count). The SMILES string of the molecule is CC(C(=O)NCc1cccs1)C1Sc2ccccc2N(Cc2cccc(Cl)c2)C1=O. The smallest absolute Gasteiger partial charge is 0.241 e. The topological polar surface area (TPSA) is 49.4 Å². The van der Waals surface area contributed by atoms with Gasteiger partial charge in [0, 0.05) is 14.8 Å². The van der Waals surface area contributed by atoms with Crippen LogP contribution in [0, 0.1) is 5.92 Å². The maximum Gasteiger partial charge on any atom is 0.241 e. The molecule has 2 unspecified atom stereocenters. The number of nitrogens with one attached hydrogen (secondary N) is 1. The van der Waals surface area contributed by atoms with Gasteiger partial charge in [-0.25, -0.2) is 0 Å².